The first-order valence-corrected chi connectivity index (χ1v) is 10.5. The van der Waals surface area contributed by atoms with E-state index in [1.165, 1.54) is 16.8 Å². The van der Waals surface area contributed by atoms with E-state index in [1.807, 2.05) is 26.8 Å². The van der Waals surface area contributed by atoms with Crippen LogP contribution in [0, 0.1) is 0 Å². The van der Waals surface area contributed by atoms with Crippen LogP contribution < -0.4 is 5.43 Å². The number of halogens is 3. The first kappa shape index (κ1) is 24.7. The molecule has 31 heavy (non-hydrogen) atoms. The Morgan fingerprint density at radius 1 is 0.935 bits per heavy atom. The third-order valence-electron chi connectivity index (χ3n) is 5.78. The molecule has 168 valence electrons. The largest absolute Gasteiger partial charge is 0.418 e. The number of para-hydroxylation sites is 1. The molecule has 0 saturated heterocycles. The number of pyridine rings is 1. The van der Waals surface area contributed by atoms with Crippen LogP contribution in [0.1, 0.15) is 46.1 Å². The fraction of sp³-hybridized carbons (Fsp3) is 0.400. The van der Waals surface area contributed by atoms with Crippen molar-refractivity contribution in [3.63, 3.8) is 0 Å². The second-order valence-corrected chi connectivity index (χ2v) is 7.81. The van der Waals surface area contributed by atoms with E-state index in [9.17, 15) is 23.1 Å². The van der Waals surface area contributed by atoms with Crippen molar-refractivity contribution in [3.05, 3.63) is 82.6 Å². The minimum absolute atomic E-state index is 0.268. The molecule has 0 fully saturated rings. The average Bonchev–Trinajstić information content (AvgIpc) is 2.77. The summed E-state index contributed by atoms with van der Waals surface area (Å²) in [5, 5.41) is 11.3. The third kappa shape index (κ3) is 5.18. The van der Waals surface area contributed by atoms with Crippen LogP contribution in [0.15, 0.2) is 71.7 Å². The molecule has 1 aromatic heterocycles. The lowest BCUT2D eigenvalue weighted by Crippen LogP contribution is -2.52. The Morgan fingerprint density at radius 2 is 1.52 bits per heavy atom. The van der Waals surface area contributed by atoms with E-state index in [0.717, 1.165) is 5.56 Å². The van der Waals surface area contributed by atoms with Crippen LogP contribution in [0.2, 0.25) is 0 Å². The van der Waals surface area contributed by atoms with Crippen LogP contribution in [-0.2, 0) is 12.0 Å². The molecule has 2 atom stereocenters. The number of hydrogen-bond acceptors (Lipinski definition) is 2. The van der Waals surface area contributed by atoms with Crippen molar-refractivity contribution in [3.8, 4) is 0 Å². The van der Waals surface area contributed by atoms with E-state index in [0.29, 0.717) is 17.3 Å². The van der Waals surface area contributed by atoms with Crippen LogP contribution in [0.4, 0.5) is 13.2 Å². The maximum atomic E-state index is 14.1. The molecule has 0 aliphatic heterocycles. The molecule has 0 amide bonds. The first-order chi connectivity index (χ1) is 14.6. The number of benzene rings is 2. The summed E-state index contributed by atoms with van der Waals surface area (Å²) < 4.78 is 43.7. The number of hydrogen-bond donors (Lipinski definition) is 1. The molecule has 0 aliphatic rings. The summed E-state index contributed by atoms with van der Waals surface area (Å²) in [6.07, 6.45) is -3.60. The molecule has 3 aromatic rings. The number of nitrogens with zero attached hydrogens (tertiary/aromatic N) is 1. The second-order valence-electron chi connectivity index (χ2n) is 7.81. The fourth-order valence-corrected chi connectivity index (χ4v) is 3.84. The molecule has 3 rings (SSSR count). The monoisotopic (exact) mass is 433 g/mol. The van der Waals surface area contributed by atoms with Crippen molar-refractivity contribution in [2.75, 3.05) is 0 Å². The Bertz CT molecular complexity index is 1050. The molecular weight excluding hydrogens is 403 g/mol. The number of aliphatic hydroxyl groups is 1. The van der Waals surface area contributed by atoms with E-state index in [1.54, 1.807) is 55.5 Å². The lowest BCUT2D eigenvalue weighted by atomic mass is 9.71. The van der Waals surface area contributed by atoms with E-state index >= 15 is 0 Å². The van der Waals surface area contributed by atoms with E-state index in [4.69, 9.17) is 0 Å². The Kier molecular flexibility index (Phi) is 7.71. The van der Waals surface area contributed by atoms with Gasteiger partial charge in [-0.15, -0.1) is 0 Å². The van der Waals surface area contributed by atoms with Gasteiger partial charge < -0.3 is 9.67 Å². The highest BCUT2D eigenvalue weighted by Crippen LogP contribution is 2.44. The molecule has 1 N–H and O–H groups in total. The van der Waals surface area contributed by atoms with Crippen molar-refractivity contribution in [2.45, 2.75) is 64.3 Å². The average molecular weight is 434 g/mol. The van der Waals surface area contributed by atoms with Gasteiger partial charge in [-0.05, 0) is 36.0 Å². The summed E-state index contributed by atoms with van der Waals surface area (Å²) in [5.41, 5.74) is -3.00. The number of aromatic nitrogens is 1. The van der Waals surface area contributed by atoms with Crippen LogP contribution in [0.3, 0.4) is 0 Å². The zero-order valence-electron chi connectivity index (χ0n) is 18.4. The Labute approximate surface area is 181 Å². The lowest BCUT2D eigenvalue weighted by Gasteiger charge is -2.40. The topological polar surface area (TPSA) is 42.2 Å². The van der Waals surface area contributed by atoms with Crippen molar-refractivity contribution in [2.24, 2.45) is 0 Å². The molecule has 0 radical (unpaired) electrons. The van der Waals surface area contributed by atoms with Gasteiger partial charge in [-0.2, -0.15) is 13.2 Å². The Morgan fingerprint density at radius 3 is 2.10 bits per heavy atom. The normalized spacial score (nSPS) is 15.5. The van der Waals surface area contributed by atoms with Gasteiger partial charge in [0.05, 0.1) is 12.1 Å². The molecular formula is C25H30F3NO2. The molecule has 2 aromatic carbocycles. The van der Waals surface area contributed by atoms with Gasteiger partial charge in [0.25, 0.3) is 0 Å². The van der Waals surface area contributed by atoms with Crippen molar-refractivity contribution in [1.29, 1.82) is 0 Å². The zero-order chi connectivity index (χ0) is 23.3. The summed E-state index contributed by atoms with van der Waals surface area (Å²) in [4.78, 5) is 12.1. The van der Waals surface area contributed by atoms with Crippen molar-refractivity contribution < 1.29 is 18.3 Å². The van der Waals surface area contributed by atoms with E-state index in [-0.39, 0.29) is 5.43 Å². The highest BCUT2D eigenvalue weighted by Gasteiger charge is 2.56. The minimum atomic E-state index is -4.84. The Balaban J connectivity index is 0.00000166. The van der Waals surface area contributed by atoms with Crippen molar-refractivity contribution >= 4 is 10.9 Å². The van der Waals surface area contributed by atoms with Gasteiger partial charge >= 0.3 is 6.18 Å². The van der Waals surface area contributed by atoms with Gasteiger partial charge in [-0.25, -0.2) is 0 Å². The van der Waals surface area contributed by atoms with Crippen LogP contribution >= 0.6 is 0 Å². The summed E-state index contributed by atoms with van der Waals surface area (Å²) in [7, 11) is 0. The summed E-state index contributed by atoms with van der Waals surface area (Å²) >= 11 is 0. The summed E-state index contributed by atoms with van der Waals surface area (Å²) in [6, 6.07) is 16.7. The smallest absolute Gasteiger partial charge is 0.379 e. The van der Waals surface area contributed by atoms with E-state index < -0.39 is 30.2 Å². The molecule has 1 heterocycles. The van der Waals surface area contributed by atoms with Gasteiger partial charge in [0.2, 0.25) is 0 Å². The van der Waals surface area contributed by atoms with E-state index in [2.05, 4.69) is 0 Å². The molecule has 0 saturated carbocycles. The lowest BCUT2D eigenvalue weighted by molar-refractivity contribution is -0.272. The van der Waals surface area contributed by atoms with Gasteiger partial charge in [0.15, 0.2) is 11.0 Å². The number of alkyl halides is 3. The maximum absolute atomic E-state index is 14.1. The van der Waals surface area contributed by atoms with Gasteiger partial charge in [-0.1, -0.05) is 70.2 Å². The van der Waals surface area contributed by atoms with Gasteiger partial charge in [-0.3, -0.25) is 4.79 Å². The maximum Gasteiger partial charge on any atom is 0.418 e. The van der Waals surface area contributed by atoms with Gasteiger partial charge in [0.1, 0.15) is 0 Å². The summed E-state index contributed by atoms with van der Waals surface area (Å²) in [6.45, 7) is 6.86. The molecule has 0 bridgehead atoms. The molecule has 6 heteroatoms. The standard InChI is InChI=1S/C23H24F3NO2.C2H6/c1-3-21(2,17-9-5-4-6-10-17)15-22(29,23(24,25)26)16-27-14-13-20(28)18-11-7-8-12-19(18)27;1-2/h4-14,29H,3,15-16H2,1-2H3;1-2H3. The number of fused-ring (bicyclic) bond motifs is 1. The number of rotatable bonds is 6. The molecule has 0 aliphatic carbocycles. The SMILES string of the molecule is CC.CCC(C)(CC(O)(Cn1ccc(=O)c2ccccc21)C(F)(F)F)c1ccccc1. The van der Waals surface area contributed by atoms with Crippen LogP contribution in [0.5, 0.6) is 0 Å². The van der Waals surface area contributed by atoms with Crippen LogP contribution in [-0.4, -0.2) is 21.5 Å². The quantitative estimate of drug-likeness (QED) is 0.512. The summed E-state index contributed by atoms with van der Waals surface area (Å²) in [5.74, 6) is 0. The molecule has 3 nitrogen and oxygen atoms in total. The van der Waals surface area contributed by atoms with Gasteiger partial charge in [0, 0.05) is 17.6 Å². The van der Waals surface area contributed by atoms with Crippen molar-refractivity contribution in [1.82, 2.24) is 4.57 Å². The Hall–Kier alpha value is -2.60. The predicted octanol–water partition coefficient (Wildman–Crippen LogP) is 6.08. The highest BCUT2D eigenvalue weighted by molar-refractivity contribution is 5.78. The first-order valence-electron chi connectivity index (χ1n) is 10.5. The second kappa shape index (κ2) is 9.69. The zero-order valence-corrected chi connectivity index (χ0v) is 18.4. The fourth-order valence-electron chi connectivity index (χ4n) is 3.84. The highest BCUT2D eigenvalue weighted by atomic mass is 19.4. The molecule has 2 unspecified atom stereocenters. The van der Waals surface area contributed by atoms with Crippen LogP contribution in [0.25, 0.3) is 10.9 Å². The third-order valence-corrected chi connectivity index (χ3v) is 5.78. The minimum Gasteiger partial charge on any atom is -0.379 e. The predicted molar refractivity (Wildman–Crippen MR) is 119 cm³/mol. The molecule has 0 spiro atoms.